The monoisotopic (exact) mass is 273 g/mol. The molecule has 1 unspecified atom stereocenters. The van der Waals surface area contributed by atoms with Gasteiger partial charge in [-0.15, -0.1) is 0 Å². The highest BCUT2D eigenvalue weighted by Gasteiger charge is 2.22. The third-order valence-electron chi connectivity index (χ3n) is 3.04. The predicted octanol–water partition coefficient (Wildman–Crippen LogP) is 3.19. The Kier molecular flexibility index (Phi) is 3.11. The number of hydrogen-bond donors (Lipinski definition) is 3. The first-order valence-electron chi connectivity index (χ1n) is 5.88. The fraction of sp³-hybridized carbons (Fsp3) is 0.0714. The van der Waals surface area contributed by atoms with Crippen LogP contribution in [0.2, 0.25) is 5.02 Å². The quantitative estimate of drug-likeness (QED) is 0.700. The fourth-order valence-electron chi connectivity index (χ4n) is 2.13. The maximum absolute atomic E-state index is 9.23. The number of fused-ring (bicyclic) bond motifs is 1. The molecule has 0 bridgehead atoms. The Morgan fingerprint density at radius 2 is 1.84 bits per heavy atom. The zero-order valence-corrected chi connectivity index (χ0v) is 10.7. The van der Waals surface area contributed by atoms with Crippen LogP contribution in [-0.4, -0.2) is 11.0 Å². The van der Waals surface area contributed by atoms with Gasteiger partial charge in [0.05, 0.1) is 0 Å². The van der Waals surface area contributed by atoms with Gasteiger partial charge in [0, 0.05) is 21.8 Å². The van der Waals surface area contributed by atoms with Crippen LogP contribution >= 0.6 is 11.6 Å². The number of hydrogen-bond acceptors (Lipinski definition) is 4. The third-order valence-corrected chi connectivity index (χ3v) is 3.38. The van der Waals surface area contributed by atoms with Crippen molar-refractivity contribution < 1.29 is 5.21 Å². The molecule has 3 rings (SSSR count). The zero-order chi connectivity index (χ0) is 13.2. The molecule has 1 aliphatic heterocycles. The lowest BCUT2D eigenvalue weighted by atomic mass is 10.1. The highest BCUT2D eigenvalue weighted by Crippen LogP contribution is 2.32. The second-order valence-electron chi connectivity index (χ2n) is 4.20. The van der Waals surface area contributed by atoms with Crippen LogP contribution in [0.15, 0.2) is 53.5 Å². The molecule has 19 heavy (non-hydrogen) atoms. The minimum absolute atomic E-state index is 0.321. The summed E-state index contributed by atoms with van der Waals surface area (Å²) < 4.78 is 0. The highest BCUT2D eigenvalue weighted by molar-refractivity contribution is 6.31. The average molecular weight is 274 g/mol. The summed E-state index contributed by atoms with van der Waals surface area (Å²) in [5.74, 6) is 0.430. The van der Waals surface area contributed by atoms with Crippen molar-refractivity contribution in [3.63, 3.8) is 0 Å². The van der Waals surface area contributed by atoms with Crippen molar-refractivity contribution in [1.82, 2.24) is 5.48 Å². The summed E-state index contributed by atoms with van der Waals surface area (Å²) in [4.78, 5) is 4.43. The number of aliphatic imine (C=N–C) groups is 1. The Balaban J connectivity index is 2.06. The van der Waals surface area contributed by atoms with E-state index in [0.29, 0.717) is 10.9 Å². The number of anilines is 1. The van der Waals surface area contributed by atoms with Gasteiger partial charge in [-0.2, -0.15) is 0 Å². The molecular weight excluding hydrogens is 262 g/mol. The first-order chi connectivity index (χ1) is 9.29. The Morgan fingerprint density at radius 3 is 2.63 bits per heavy atom. The van der Waals surface area contributed by atoms with E-state index in [-0.39, 0.29) is 6.17 Å². The van der Waals surface area contributed by atoms with Crippen molar-refractivity contribution >= 4 is 23.1 Å². The van der Waals surface area contributed by atoms with E-state index in [1.165, 1.54) is 0 Å². The maximum Gasteiger partial charge on any atom is 0.156 e. The van der Waals surface area contributed by atoms with Crippen molar-refractivity contribution in [2.24, 2.45) is 4.99 Å². The van der Waals surface area contributed by atoms with E-state index in [2.05, 4.69) is 15.8 Å². The van der Waals surface area contributed by atoms with Gasteiger partial charge in [-0.05, 0) is 18.2 Å². The van der Waals surface area contributed by atoms with E-state index < -0.39 is 0 Å². The van der Waals surface area contributed by atoms with Gasteiger partial charge in [-0.25, -0.2) is 4.99 Å². The zero-order valence-electron chi connectivity index (χ0n) is 9.97. The van der Waals surface area contributed by atoms with Gasteiger partial charge in [0.25, 0.3) is 0 Å². The van der Waals surface area contributed by atoms with Gasteiger partial charge in [-0.3, -0.25) is 10.7 Å². The van der Waals surface area contributed by atoms with Crippen molar-refractivity contribution in [3.8, 4) is 0 Å². The summed E-state index contributed by atoms with van der Waals surface area (Å²) in [6.07, 6.45) is -0.321. The van der Waals surface area contributed by atoms with Crippen LogP contribution in [0.4, 0.5) is 5.69 Å². The summed E-state index contributed by atoms with van der Waals surface area (Å²) in [6.45, 7) is 0. The normalized spacial score (nSPS) is 17.2. The summed E-state index contributed by atoms with van der Waals surface area (Å²) in [7, 11) is 0. The molecule has 1 atom stereocenters. The van der Waals surface area contributed by atoms with Gasteiger partial charge < -0.3 is 5.32 Å². The summed E-state index contributed by atoms with van der Waals surface area (Å²) in [5, 5.41) is 13.2. The number of nitrogens with one attached hydrogen (secondary N) is 2. The number of nitrogens with zero attached hydrogens (tertiary/aromatic N) is 1. The van der Waals surface area contributed by atoms with E-state index >= 15 is 0 Å². The van der Waals surface area contributed by atoms with Crippen LogP contribution in [0.1, 0.15) is 17.3 Å². The lowest BCUT2D eigenvalue weighted by Crippen LogP contribution is -2.28. The molecule has 0 fully saturated rings. The van der Waals surface area contributed by atoms with E-state index in [4.69, 9.17) is 11.6 Å². The standard InChI is InChI=1S/C14H12ClN3O/c15-11-7-3-1-5-9(11)13-16-12-8-4-2-6-10(12)14(17-13)18-19/h1-8,13,16,19H,(H,17,18). The molecule has 0 spiro atoms. The van der Waals surface area contributed by atoms with E-state index in [1.807, 2.05) is 48.5 Å². The van der Waals surface area contributed by atoms with Crippen LogP contribution in [0.25, 0.3) is 0 Å². The number of rotatable bonds is 1. The number of amidine groups is 1. The number of hydroxylamine groups is 1. The molecule has 2 aromatic rings. The largest absolute Gasteiger partial charge is 0.359 e. The minimum atomic E-state index is -0.321. The van der Waals surface area contributed by atoms with Gasteiger partial charge in [0.15, 0.2) is 5.84 Å². The van der Waals surface area contributed by atoms with Gasteiger partial charge in [0.2, 0.25) is 0 Å². The molecule has 3 N–H and O–H groups in total. The first kappa shape index (κ1) is 12.0. The molecule has 0 amide bonds. The number of halogens is 1. The topological polar surface area (TPSA) is 56.6 Å². The molecular formula is C14H12ClN3O. The van der Waals surface area contributed by atoms with Gasteiger partial charge in [0.1, 0.15) is 6.17 Å². The molecule has 2 aromatic carbocycles. The average Bonchev–Trinajstić information content (AvgIpc) is 2.46. The Bertz CT molecular complexity index is 642. The first-order valence-corrected chi connectivity index (χ1v) is 6.25. The lowest BCUT2D eigenvalue weighted by molar-refractivity contribution is 0.234. The SMILES string of the molecule is ONC1=NC(c2ccccc2Cl)Nc2ccccc21. The highest BCUT2D eigenvalue weighted by atomic mass is 35.5. The van der Waals surface area contributed by atoms with E-state index in [9.17, 15) is 5.21 Å². The molecule has 0 saturated heterocycles. The van der Waals surface area contributed by atoms with Crippen LogP contribution in [-0.2, 0) is 0 Å². The van der Waals surface area contributed by atoms with Crippen molar-refractivity contribution in [2.45, 2.75) is 6.17 Å². The molecule has 5 heteroatoms. The van der Waals surface area contributed by atoms with Crippen LogP contribution in [0, 0.1) is 0 Å². The van der Waals surface area contributed by atoms with E-state index in [0.717, 1.165) is 16.8 Å². The summed E-state index contributed by atoms with van der Waals surface area (Å²) in [6, 6.07) is 15.1. The van der Waals surface area contributed by atoms with Crippen LogP contribution in [0.5, 0.6) is 0 Å². The third kappa shape index (κ3) is 2.16. The number of para-hydroxylation sites is 1. The van der Waals surface area contributed by atoms with Gasteiger partial charge in [-0.1, -0.05) is 41.9 Å². The minimum Gasteiger partial charge on any atom is -0.359 e. The second kappa shape index (κ2) is 4.91. The molecule has 0 aromatic heterocycles. The lowest BCUT2D eigenvalue weighted by Gasteiger charge is -2.25. The molecule has 1 aliphatic rings. The van der Waals surface area contributed by atoms with Crippen LogP contribution < -0.4 is 10.8 Å². The summed E-state index contributed by atoms with van der Waals surface area (Å²) in [5.41, 5.74) is 4.74. The Morgan fingerprint density at radius 1 is 1.11 bits per heavy atom. The van der Waals surface area contributed by atoms with Gasteiger partial charge >= 0.3 is 0 Å². The smallest absolute Gasteiger partial charge is 0.156 e. The molecule has 96 valence electrons. The summed E-state index contributed by atoms with van der Waals surface area (Å²) >= 11 is 6.18. The molecule has 4 nitrogen and oxygen atoms in total. The second-order valence-corrected chi connectivity index (χ2v) is 4.61. The van der Waals surface area contributed by atoms with Crippen molar-refractivity contribution in [2.75, 3.05) is 5.32 Å². The fourth-order valence-corrected chi connectivity index (χ4v) is 2.37. The molecule has 1 heterocycles. The predicted molar refractivity (Wildman–Crippen MR) is 75.7 cm³/mol. The van der Waals surface area contributed by atoms with Crippen molar-refractivity contribution in [1.29, 1.82) is 0 Å². The Labute approximate surface area is 115 Å². The van der Waals surface area contributed by atoms with E-state index in [1.54, 1.807) is 0 Å². The van der Waals surface area contributed by atoms with Crippen LogP contribution in [0.3, 0.4) is 0 Å². The maximum atomic E-state index is 9.23. The molecule has 0 saturated carbocycles. The molecule has 0 radical (unpaired) electrons. The Hall–Kier alpha value is -2.04. The van der Waals surface area contributed by atoms with Crippen molar-refractivity contribution in [3.05, 3.63) is 64.7 Å². The number of benzene rings is 2. The molecule has 0 aliphatic carbocycles.